The number of ether oxygens (including phenoxy) is 1. The van der Waals surface area contributed by atoms with E-state index < -0.39 is 11.9 Å². The zero-order valence-electron chi connectivity index (χ0n) is 9.17. The predicted molar refractivity (Wildman–Crippen MR) is 59.0 cm³/mol. The monoisotopic (exact) mass is 234 g/mol. The van der Waals surface area contributed by atoms with E-state index in [1.807, 2.05) is 0 Å². The van der Waals surface area contributed by atoms with Crippen LogP contribution < -0.4 is 4.74 Å². The quantitative estimate of drug-likeness (QED) is 0.878. The Hall–Kier alpha value is -2.01. The summed E-state index contributed by atoms with van der Waals surface area (Å²) in [6.07, 6.45) is 1.98. The van der Waals surface area contributed by atoms with Crippen LogP contribution in [-0.2, 0) is 0 Å². The molecule has 1 unspecified atom stereocenters. The number of aliphatic hydroxyl groups is 1. The standard InChI is InChI=1S/C12H11FN2O2/c1-17-11-3-2-8(6-10(11)13)12(16)9-4-5-14-15-7-9/h2-7,12,16H,1H3. The van der Waals surface area contributed by atoms with Crippen LogP contribution in [0, 0.1) is 5.82 Å². The molecule has 0 fully saturated rings. The Morgan fingerprint density at radius 2 is 2.06 bits per heavy atom. The van der Waals surface area contributed by atoms with Crippen LogP contribution in [-0.4, -0.2) is 22.4 Å². The highest BCUT2D eigenvalue weighted by atomic mass is 19.1. The number of aromatic nitrogens is 2. The second-order valence-electron chi connectivity index (χ2n) is 3.47. The van der Waals surface area contributed by atoms with Crippen molar-refractivity contribution in [3.63, 3.8) is 0 Å². The summed E-state index contributed by atoms with van der Waals surface area (Å²) >= 11 is 0. The highest BCUT2D eigenvalue weighted by Gasteiger charge is 2.13. The third-order valence-electron chi connectivity index (χ3n) is 2.41. The smallest absolute Gasteiger partial charge is 0.165 e. The van der Waals surface area contributed by atoms with Gasteiger partial charge >= 0.3 is 0 Å². The van der Waals surface area contributed by atoms with Gasteiger partial charge in [-0.05, 0) is 23.8 Å². The van der Waals surface area contributed by atoms with E-state index >= 15 is 0 Å². The van der Waals surface area contributed by atoms with Gasteiger partial charge in [0, 0.05) is 11.8 Å². The molecule has 0 spiro atoms. The highest BCUT2D eigenvalue weighted by Crippen LogP contribution is 2.25. The lowest BCUT2D eigenvalue weighted by molar-refractivity contribution is 0.219. The summed E-state index contributed by atoms with van der Waals surface area (Å²) in [6.45, 7) is 0. The zero-order chi connectivity index (χ0) is 12.3. The maximum absolute atomic E-state index is 13.5. The van der Waals surface area contributed by atoms with Crippen molar-refractivity contribution in [1.29, 1.82) is 0 Å². The lowest BCUT2D eigenvalue weighted by atomic mass is 10.0. The second-order valence-corrected chi connectivity index (χ2v) is 3.47. The Kier molecular flexibility index (Phi) is 3.30. The first kappa shape index (κ1) is 11.5. The SMILES string of the molecule is COc1ccc(C(O)c2ccnnc2)cc1F. The fourth-order valence-electron chi connectivity index (χ4n) is 1.51. The number of nitrogens with zero attached hydrogens (tertiary/aromatic N) is 2. The predicted octanol–water partition coefficient (Wildman–Crippen LogP) is 1.71. The first-order valence-corrected chi connectivity index (χ1v) is 5.00. The Morgan fingerprint density at radius 3 is 2.65 bits per heavy atom. The Balaban J connectivity index is 2.32. The summed E-state index contributed by atoms with van der Waals surface area (Å²) in [7, 11) is 1.39. The van der Waals surface area contributed by atoms with Gasteiger partial charge in [-0.15, -0.1) is 0 Å². The van der Waals surface area contributed by atoms with Crippen LogP contribution in [0.2, 0.25) is 0 Å². The maximum Gasteiger partial charge on any atom is 0.165 e. The molecule has 0 amide bonds. The molecule has 1 atom stereocenters. The van der Waals surface area contributed by atoms with Crippen molar-refractivity contribution in [3.8, 4) is 5.75 Å². The third kappa shape index (κ3) is 2.39. The molecular formula is C12H11FN2O2. The maximum atomic E-state index is 13.5. The molecule has 2 rings (SSSR count). The molecule has 0 aliphatic heterocycles. The van der Waals surface area contributed by atoms with Crippen LogP contribution in [0.25, 0.3) is 0 Å². The summed E-state index contributed by atoms with van der Waals surface area (Å²) in [5.41, 5.74) is 1.00. The molecule has 2 aromatic rings. The van der Waals surface area contributed by atoms with Gasteiger partial charge in [0.2, 0.25) is 0 Å². The molecule has 0 saturated carbocycles. The van der Waals surface area contributed by atoms with Crippen molar-refractivity contribution < 1.29 is 14.2 Å². The van der Waals surface area contributed by atoms with E-state index in [4.69, 9.17) is 4.74 Å². The van der Waals surface area contributed by atoms with E-state index in [1.165, 1.54) is 31.6 Å². The fourth-order valence-corrected chi connectivity index (χ4v) is 1.51. The van der Waals surface area contributed by atoms with Gasteiger partial charge < -0.3 is 9.84 Å². The van der Waals surface area contributed by atoms with E-state index in [9.17, 15) is 9.50 Å². The molecule has 1 aromatic heterocycles. The largest absolute Gasteiger partial charge is 0.494 e. The van der Waals surface area contributed by atoms with E-state index in [2.05, 4.69) is 10.2 Å². The second kappa shape index (κ2) is 4.88. The average molecular weight is 234 g/mol. The number of rotatable bonds is 3. The van der Waals surface area contributed by atoms with Crippen molar-refractivity contribution >= 4 is 0 Å². The fraction of sp³-hybridized carbons (Fsp3) is 0.167. The molecule has 0 radical (unpaired) electrons. The summed E-state index contributed by atoms with van der Waals surface area (Å²) in [5, 5.41) is 17.3. The molecule has 0 aliphatic carbocycles. The topological polar surface area (TPSA) is 55.2 Å². The molecule has 5 heteroatoms. The van der Waals surface area contributed by atoms with Crippen LogP contribution in [0.4, 0.5) is 4.39 Å². The van der Waals surface area contributed by atoms with Gasteiger partial charge in [-0.25, -0.2) is 4.39 Å². The lowest BCUT2D eigenvalue weighted by Gasteiger charge is -2.11. The van der Waals surface area contributed by atoms with Gasteiger partial charge in [0.1, 0.15) is 6.10 Å². The summed E-state index contributed by atoms with van der Waals surface area (Å²) in [4.78, 5) is 0. The summed E-state index contributed by atoms with van der Waals surface area (Å²) < 4.78 is 18.3. The van der Waals surface area contributed by atoms with Gasteiger partial charge in [0.25, 0.3) is 0 Å². The Morgan fingerprint density at radius 1 is 1.24 bits per heavy atom. The van der Waals surface area contributed by atoms with Crippen LogP contribution >= 0.6 is 0 Å². The minimum absolute atomic E-state index is 0.147. The van der Waals surface area contributed by atoms with E-state index in [0.717, 1.165) is 0 Å². The van der Waals surface area contributed by atoms with Crippen LogP contribution in [0.15, 0.2) is 36.7 Å². The summed E-state index contributed by atoms with van der Waals surface area (Å²) in [6, 6.07) is 5.94. The normalized spacial score (nSPS) is 12.2. The van der Waals surface area contributed by atoms with Crippen molar-refractivity contribution in [2.75, 3.05) is 7.11 Å². The number of hydrogen-bond acceptors (Lipinski definition) is 4. The van der Waals surface area contributed by atoms with Crippen LogP contribution in [0.5, 0.6) is 5.75 Å². The third-order valence-corrected chi connectivity index (χ3v) is 2.41. The van der Waals surface area contributed by atoms with E-state index in [1.54, 1.807) is 12.1 Å². The van der Waals surface area contributed by atoms with Crippen LogP contribution in [0.3, 0.4) is 0 Å². The van der Waals surface area contributed by atoms with Gasteiger partial charge in [-0.1, -0.05) is 6.07 Å². The molecule has 1 aromatic carbocycles. The van der Waals surface area contributed by atoms with Crippen LogP contribution in [0.1, 0.15) is 17.2 Å². The molecular weight excluding hydrogens is 223 g/mol. The molecule has 88 valence electrons. The number of methoxy groups -OCH3 is 1. The summed E-state index contributed by atoms with van der Waals surface area (Å²) in [5.74, 6) is -0.361. The van der Waals surface area contributed by atoms with Gasteiger partial charge in [-0.3, -0.25) is 0 Å². The molecule has 1 heterocycles. The van der Waals surface area contributed by atoms with Crippen molar-refractivity contribution in [2.24, 2.45) is 0 Å². The number of benzene rings is 1. The molecule has 1 N–H and O–H groups in total. The minimum atomic E-state index is -0.925. The van der Waals surface area contributed by atoms with Gasteiger partial charge in [-0.2, -0.15) is 10.2 Å². The van der Waals surface area contributed by atoms with Crippen molar-refractivity contribution in [1.82, 2.24) is 10.2 Å². The lowest BCUT2D eigenvalue weighted by Crippen LogP contribution is -2.01. The first-order valence-electron chi connectivity index (χ1n) is 5.00. The average Bonchev–Trinajstić information content (AvgIpc) is 2.39. The zero-order valence-corrected chi connectivity index (χ0v) is 9.17. The van der Waals surface area contributed by atoms with Crippen molar-refractivity contribution in [2.45, 2.75) is 6.10 Å². The Bertz CT molecular complexity index is 505. The number of hydrogen-bond donors (Lipinski definition) is 1. The number of aliphatic hydroxyl groups excluding tert-OH is 1. The molecule has 0 aliphatic rings. The van der Waals surface area contributed by atoms with Crippen molar-refractivity contribution in [3.05, 3.63) is 53.6 Å². The molecule has 4 nitrogen and oxygen atoms in total. The first-order chi connectivity index (χ1) is 8.22. The molecule has 0 bridgehead atoms. The number of halogens is 1. The van der Waals surface area contributed by atoms with Gasteiger partial charge in [0.15, 0.2) is 11.6 Å². The minimum Gasteiger partial charge on any atom is -0.494 e. The van der Waals surface area contributed by atoms with Gasteiger partial charge in [0.05, 0.1) is 13.3 Å². The van der Waals surface area contributed by atoms with E-state index in [0.29, 0.717) is 11.1 Å². The van der Waals surface area contributed by atoms with E-state index in [-0.39, 0.29) is 5.75 Å². The Labute approximate surface area is 97.7 Å². The molecule has 17 heavy (non-hydrogen) atoms. The molecule has 0 saturated heterocycles. The highest BCUT2D eigenvalue weighted by molar-refractivity contribution is 5.34.